The van der Waals surface area contributed by atoms with E-state index in [-0.39, 0.29) is 5.91 Å². The molecule has 18 heavy (non-hydrogen) atoms. The number of halogens is 1. The van der Waals surface area contributed by atoms with Crippen molar-refractivity contribution in [2.75, 3.05) is 12.3 Å². The maximum atomic E-state index is 12.0. The first kappa shape index (κ1) is 12.9. The Balaban J connectivity index is 2.39. The molecule has 3 nitrogen and oxygen atoms in total. The van der Waals surface area contributed by atoms with E-state index in [9.17, 15) is 4.79 Å². The number of nitrogens with two attached hydrogens (primary N) is 1. The van der Waals surface area contributed by atoms with Gasteiger partial charge < -0.3 is 11.1 Å². The Bertz CT molecular complexity index is 667. The van der Waals surface area contributed by atoms with Crippen LogP contribution < -0.4 is 11.1 Å². The van der Waals surface area contributed by atoms with Crippen molar-refractivity contribution in [1.29, 1.82) is 0 Å². The number of fused-ring (bicyclic) bond motifs is 1. The molecule has 1 heterocycles. The summed E-state index contributed by atoms with van der Waals surface area (Å²) in [6, 6.07) is 5.78. The highest BCUT2D eigenvalue weighted by Gasteiger charge is 2.17. The Morgan fingerprint density at radius 2 is 2.33 bits per heavy atom. The van der Waals surface area contributed by atoms with E-state index in [1.807, 2.05) is 18.2 Å². The molecule has 0 radical (unpaired) electrons. The molecular weight excluding hydrogens is 312 g/mol. The molecular formula is C13H11BrN2OS. The number of carbonyl (C=O) groups excluding carboxylic acids is 1. The van der Waals surface area contributed by atoms with Crippen LogP contribution in [0.1, 0.15) is 16.6 Å². The predicted molar refractivity (Wildman–Crippen MR) is 79.7 cm³/mol. The Morgan fingerprint density at radius 3 is 3.00 bits per heavy atom. The molecule has 0 aliphatic carbocycles. The molecule has 0 saturated carbocycles. The molecule has 2 aromatic rings. The molecule has 5 heteroatoms. The molecule has 0 saturated heterocycles. The van der Waals surface area contributed by atoms with Gasteiger partial charge in [-0.3, -0.25) is 4.79 Å². The van der Waals surface area contributed by atoms with Crippen molar-refractivity contribution in [3.8, 4) is 11.8 Å². The average molecular weight is 323 g/mol. The molecule has 1 aromatic carbocycles. The van der Waals surface area contributed by atoms with Gasteiger partial charge in [-0.1, -0.05) is 27.9 Å². The molecule has 0 spiro atoms. The quantitative estimate of drug-likeness (QED) is 0.835. The molecule has 0 bridgehead atoms. The molecule has 92 valence electrons. The zero-order valence-corrected chi connectivity index (χ0v) is 12.1. The molecule has 0 atom stereocenters. The zero-order chi connectivity index (χ0) is 13.1. The van der Waals surface area contributed by atoms with Crippen LogP contribution in [0.4, 0.5) is 5.69 Å². The van der Waals surface area contributed by atoms with Gasteiger partial charge in [0.05, 0.1) is 12.2 Å². The number of benzene rings is 1. The number of thiophene rings is 1. The summed E-state index contributed by atoms with van der Waals surface area (Å²) in [5.74, 6) is 5.33. The third-order valence-corrected chi connectivity index (χ3v) is 4.25. The normalized spacial score (nSPS) is 9.89. The van der Waals surface area contributed by atoms with E-state index in [1.165, 1.54) is 11.3 Å². The van der Waals surface area contributed by atoms with E-state index in [0.29, 0.717) is 17.1 Å². The topological polar surface area (TPSA) is 55.1 Å². The second kappa shape index (κ2) is 5.42. The zero-order valence-electron chi connectivity index (χ0n) is 9.71. The van der Waals surface area contributed by atoms with Crippen LogP contribution in [0.5, 0.6) is 0 Å². The highest BCUT2D eigenvalue weighted by Crippen LogP contribution is 2.37. The van der Waals surface area contributed by atoms with Gasteiger partial charge in [-0.2, -0.15) is 0 Å². The summed E-state index contributed by atoms with van der Waals surface area (Å²) in [5, 5.41) is 3.62. The Labute approximate surface area is 117 Å². The molecule has 3 N–H and O–H groups in total. The minimum atomic E-state index is -0.177. The Hall–Kier alpha value is -1.51. The Kier molecular flexibility index (Phi) is 3.90. The second-order valence-corrected chi connectivity index (χ2v) is 5.47. The molecule has 0 aliphatic rings. The van der Waals surface area contributed by atoms with Crippen LogP contribution >= 0.6 is 27.3 Å². The van der Waals surface area contributed by atoms with Gasteiger partial charge >= 0.3 is 0 Å². The fourth-order valence-corrected chi connectivity index (χ4v) is 3.37. The van der Waals surface area contributed by atoms with Gasteiger partial charge in [-0.05, 0) is 19.1 Å². The molecule has 2 rings (SSSR count). The fourth-order valence-electron chi connectivity index (χ4n) is 1.59. The third-order valence-electron chi connectivity index (χ3n) is 2.42. The van der Waals surface area contributed by atoms with Gasteiger partial charge in [0.1, 0.15) is 4.88 Å². The average Bonchev–Trinajstić information content (AvgIpc) is 2.68. The minimum Gasteiger partial charge on any atom is -0.397 e. The van der Waals surface area contributed by atoms with Crippen LogP contribution in [0.25, 0.3) is 10.1 Å². The van der Waals surface area contributed by atoms with Crippen molar-refractivity contribution in [2.45, 2.75) is 6.92 Å². The van der Waals surface area contributed by atoms with E-state index in [1.54, 1.807) is 6.92 Å². The van der Waals surface area contributed by atoms with Crippen LogP contribution in [0.3, 0.4) is 0 Å². The van der Waals surface area contributed by atoms with Gasteiger partial charge in [0.25, 0.3) is 5.91 Å². The first-order valence-electron chi connectivity index (χ1n) is 5.29. The van der Waals surface area contributed by atoms with Gasteiger partial charge in [0.2, 0.25) is 0 Å². The first-order chi connectivity index (χ1) is 8.65. The van der Waals surface area contributed by atoms with Crippen molar-refractivity contribution in [1.82, 2.24) is 5.32 Å². The third kappa shape index (κ3) is 2.35. The van der Waals surface area contributed by atoms with Gasteiger partial charge in [0.15, 0.2) is 0 Å². The SMILES string of the molecule is CC#CCNC(=O)c1sc2cccc(Br)c2c1N. The summed E-state index contributed by atoms with van der Waals surface area (Å²) in [6.45, 7) is 2.07. The van der Waals surface area contributed by atoms with E-state index >= 15 is 0 Å². The van der Waals surface area contributed by atoms with Crippen LogP contribution in [-0.4, -0.2) is 12.5 Å². The second-order valence-electron chi connectivity index (χ2n) is 3.57. The minimum absolute atomic E-state index is 0.177. The van der Waals surface area contributed by atoms with Crippen LogP contribution in [-0.2, 0) is 0 Å². The number of nitrogen functional groups attached to an aromatic ring is 1. The number of nitrogens with one attached hydrogen (secondary N) is 1. The van der Waals surface area contributed by atoms with Crippen molar-refractivity contribution >= 4 is 48.9 Å². The lowest BCUT2D eigenvalue weighted by Crippen LogP contribution is -2.23. The highest BCUT2D eigenvalue weighted by atomic mass is 79.9. The van der Waals surface area contributed by atoms with E-state index in [2.05, 4.69) is 33.1 Å². The van der Waals surface area contributed by atoms with Crippen LogP contribution in [0, 0.1) is 11.8 Å². The summed E-state index contributed by atoms with van der Waals surface area (Å²) in [4.78, 5) is 12.5. The number of carbonyl (C=O) groups is 1. The lowest BCUT2D eigenvalue weighted by atomic mass is 10.2. The van der Waals surface area contributed by atoms with E-state index in [0.717, 1.165) is 14.6 Å². The maximum absolute atomic E-state index is 12.0. The first-order valence-corrected chi connectivity index (χ1v) is 6.90. The summed E-state index contributed by atoms with van der Waals surface area (Å²) < 4.78 is 1.90. The smallest absolute Gasteiger partial charge is 0.264 e. The molecule has 0 unspecified atom stereocenters. The molecule has 1 amide bonds. The number of amides is 1. The maximum Gasteiger partial charge on any atom is 0.264 e. The van der Waals surface area contributed by atoms with E-state index < -0.39 is 0 Å². The summed E-state index contributed by atoms with van der Waals surface area (Å²) in [7, 11) is 0. The lowest BCUT2D eigenvalue weighted by Gasteiger charge is -2.00. The Morgan fingerprint density at radius 1 is 1.56 bits per heavy atom. The van der Waals surface area contributed by atoms with Crippen LogP contribution in [0.2, 0.25) is 0 Å². The molecule has 0 aliphatic heterocycles. The number of anilines is 1. The van der Waals surface area contributed by atoms with Gasteiger partial charge in [-0.25, -0.2) is 0 Å². The van der Waals surface area contributed by atoms with Crippen molar-refractivity contribution in [3.05, 3.63) is 27.5 Å². The number of rotatable bonds is 2. The highest BCUT2D eigenvalue weighted by molar-refractivity contribution is 9.10. The molecule has 1 aromatic heterocycles. The van der Waals surface area contributed by atoms with Crippen molar-refractivity contribution in [3.63, 3.8) is 0 Å². The van der Waals surface area contributed by atoms with E-state index in [4.69, 9.17) is 5.73 Å². The summed E-state index contributed by atoms with van der Waals surface area (Å²) in [6.07, 6.45) is 0. The van der Waals surface area contributed by atoms with Gasteiger partial charge in [0, 0.05) is 14.6 Å². The van der Waals surface area contributed by atoms with Crippen molar-refractivity contribution < 1.29 is 4.79 Å². The largest absolute Gasteiger partial charge is 0.397 e. The standard InChI is InChI=1S/C13H11BrN2OS/c1-2-3-7-16-13(17)12-11(15)10-8(14)5-4-6-9(10)18-12/h4-6H,7,15H2,1H3,(H,16,17). The lowest BCUT2D eigenvalue weighted by molar-refractivity contribution is 0.0963. The summed E-state index contributed by atoms with van der Waals surface area (Å²) in [5.41, 5.74) is 6.55. The van der Waals surface area contributed by atoms with Crippen LogP contribution in [0.15, 0.2) is 22.7 Å². The van der Waals surface area contributed by atoms with Crippen molar-refractivity contribution in [2.24, 2.45) is 0 Å². The predicted octanol–water partition coefficient (Wildman–Crippen LogP) is 3.00. The summed E-state index contributed by atoms with van der Waals surface area (Å²) >= 11 is 4.84. The number of hydrogen-bond acceptors (Lipinski definition) is 3. The molecule has 0 fully saturated rings. The monoisotopic (exact) mass is 322 g/mol. The number of hydrogen-bond donors (Lipinski definition) is 2. The van der Waals surface area contributed by atoms with Gasteiger partial charge in [-0.15, -0.1) is 17.3 Å². The fraction of sp³-hybridized carbons (Fsp3) is 0.154.